The van der Waals surface area contributed by atoms with Gasteiger partial charge in [0.25, 0.3) is 0 Å². The summed E-state index contributed by atoms with van der Waals surface area (Å²) >= 11 is 0. The molecule has 4 aliphatic rings. The van der Waals surface area contributed by atoms with Crippen molar-refractivity contribution in [2.75, 3.05) is 0 Å². The van der Waals surface area contributed by atoms with Gasteiger partial charge in [-0.15, -0.1) is 0 Å². The summed E-state index contributed by atoms with van der Waals surface area (Å²) in [6.07, 6.45) is 11.6. The summed E-state index contributed by atoms with van der Waals surface area (Å²) in [5.41, 5.74) is 11.7. The number of hydrogen-bond donors (Lipinski definition) is 2. The van der Waals surface area contributed by atoms with Crippen molar-refractivity contribution in [2.24, 2.45) is 22.5 Å². The standard InChI is InChI=1S/C19H29NO/c1-18-9-7-13(20)11-12(18)3-4-14-15-5-6-17(21)19(15,2)10-8-16(14)18/h11,13,15,17,21H,3-10,20H2,1-2H3/t13-,15-,17-,18-,19-/m0/s1. The molecule has 0 aliphatic heterocycles. The second kappa shape index (κ2) is 4.45. The monoisotopic (exact) mass is 287 g/mol. The summed E-state index contributed by atoms with van der Waals surface area (Å²) in [7, 11) is 0. The van der Waals surface area contributed by atoms with Crippen LogP contribution in [0.4, 0.5) is 0 Å². The zero-order valence-corrected chi connectivity index (χ0v) is 13.5. The molecule has 0 heterocycles. The highest BCUT2D eigenvalue weighted by molar-refractivity contribution is 5.42. The summed E-state index contributed by atoms with van der Waals surface area (Å²) < 4.78 is 0. The molecule has 0 radical (unpaired) electrons. The molecule has 0 unspecified atom stereocenters. The predicted octanol–water partition coefficient (Wildman–Crippen LogP) is 3.70. The van der Waals surface area contributed by atoms with Gasteiger partial charge in [-0.25, -0.2) is 0 Å². The molecule has 1 saturated carbocycles. The molecule has 4 aliphatic carbocycles. The Bertz CT molecular complexity index is 534. The van der Waals surface area contributed by atoms with Crippen molar-refractivity contribution < 1.29 is 5.11 Å². The molecule has 0 bridgehead atoms. The van der Waals surface area contributed by atoms with Crippen LogP contribution < -0.4 is 5.73 Å². The van der Waals surface area contributed by atoms with Crippen molar-refractivity contribution in [3.8, 4) is 0 Å². The lowest BCUT2D eigenvalue weighted by molar-refractivity contribution is 0.0317. The third-order valence-electron chi connectivity index (χ3n) is 7.44. The van der Waals surface area contributed by atoms with Crippen molar-refractivity contribution in [2.45, 2.75) is 77.4 Å². The first kappa shape index (κ1) is 14.0. The van der Waals surface area contributed by atoms with Crippen molar-refractivity contribution in [1.29, 1.82) is 0 Å². The number of allylic oxidation sites excluding steroid dienone is 3. The molecule has 21 heavy (non-hydrogen) atoms. The average molecular weight is 287 g/mol. The lowest BCUT2D eigenvalue weighted by Gasteiger charge is -2.51. The third-order valence-corrected chi connectivity index (χ3v) is 7.44. The summed E-state index contributed by atoms with van der Waals surface area (Å²) in [5, 5.41) is 10.5. The van der Waals surface area contributed by atoms with E-state index in [0.717, 1.165) is 12.8 Å². The molecule has 0 amide bonds. The van der Waals surface area contributed by atoms with Crippen LogP contribution in [0.5, 0.6) is 0 Å². The minimum absolute atomic E-state index is 0.0823. The maximum absolute atomic E-state index is 10.5. The molecular formula is C19H29NO. The topological polar surface area (TPSA) is 46.2 Å². The summed E-state index contributed by atoms with van der Waals surface area (Å²) in [6.45, 7) is 4.80. The molecule has 1 fully saturated rings. The van der Waals surface area contributed by atoms with Crippen LogP contribution in [0.25, 0.3) is 0 Å². The van der Waals surface area contributed by atoms with Gasteiger partial charge in [-0.1, -0.05) is 36.6 Å². The SMILES string of the molecule is C[C@]12CC[C@H](N)C=C1CCC1=C2CC[C@]2(C)[C@@H](O)CC[C@@H]12. The van der Waals surface area contributed by atoms with E-state index in [1.54, 1.807) is 16.7 Å². The van der Waals surface area contributed by atoms with E-state index < -0.39 is 0 Å². The molecule has 5 atom stereocenters. The Morgan fingerprint density at radius 2 is 1.90 bits per heavy atom. The number of hydrogen-bond acceptors (Lipinski definition) is 2. The number of aliphatic hydroxyl groups excluding tert-OH is 1. The van der Waals surface area contributed by atoms with Crippen LogP contribution >= 0.6 is 0 Å². The van der Waals surface area contributed by atoms with E-state index >= 15 is 0 Å². The van der Waals surface area contributed by atoms with Gasteiger partial charge in [0.2, 0.25) is 0 Å². The minimum atomic E-state index is -0.0823. The second-order valence-electron chi connectivity index (χ2n) is 8.38. The highest BCUT2D eigenvalue weighted by atomic mass is 16.3. The van der Waals surface area contributed by atoms with Crippen LogP contribution in [0.1, 0.15) is 65.2 Å². The Balaban J connectivity index is 1.78. The zero-order chi connectivity index (χ0) is 14.8. The third kappa shape index (κ3) is 1.78. The lowest BCUT2D eigenvalue weighted by atomic mass is 9.54. The summed E-state index contributed by atoms with van der Waals surface area (Å²) in [5.74, 6) is 0.644. The van der Waals surface area contributed by atoms with Crippen LogP contribution in [0.3, 0.4) is 0 Å². The molecule has 4 rings (SSSR count). The fraction of sp³-hybridized carbons (Fsp3) is 0.789. The molecular weight excluding hydrogens is 258 g/mol. The van der Waals surface area contributed by atoms with Crippen LogP contribution in [0.15, 0.2) is 22.8 Å². The van der Waals surface area contributed by atoms with E-state index in [1.165, 1.54) is 38.5 Å². The lowest BCUT2D eigenvalue weighted by Crippen LogP contribution is -2.42. The molecule has 0 aromatic carbocycles. The Morgan fingerprint density at radius 1 is 1.10 bits per heavy atom. The van der Waals surface area contributed by atoms with E-state index in [2.05, 4.69) is 19.9 Å². The van der Waals surface area contributed by atoms with Gasteiger partial charge < -0.3 is 10.8 Å². The number of aliphatic hydroxyl groups is 1. The Morgan fingerprint density at radius 3 is 2.71 bits per heavy atom. The number of fused-ring (bicyclic) bond motifs is 4. The van der Waals surface area contributed by atoms with Crippen molar-refractivity contribution in [1.82, 2.24) is 0 Å². The molecule has 0 aromatic heterocycles. The predicted molar refractivity (Wildman–Crippen MR) is 85.7 cm³/mol. The fourth-order valence-electron chi connectivity index (χ4n) is 5.96. The van der Waals surface area contributed by atoms with Crippen LogP contribution in [0, 0.1) is 16.7 Å². The highest BCUT2D eigenvalue weighted by Gasteiger charge is 2.53. The normalized spacial score (nSPS) is 49.3. The number of nitrogens with two attached hydrogens (primary N) is 1. The van der Waals surface area contributed by atoms with Crippen LogP contribution in [-0.2, 0) is 0 Å². The van der Waals surface area contributed by atoms with E-state index in [-0.39, 0.29) is 17.6 Å². The first-order valence-electron chi connectivity index (χ1n) is 8.82. The highest BCUT2D eigenvalue weighted by Crippen LogP contribution is 2.62. The molecule has 3 N–H and O–H groups in total. The van der Waals surface area contributed by atoms with E-state index in [4.69, 9.17) is 5.73 Å². The average Bonchev–Trinajstić information content (AvgIpc) is 2.76. The van der Waals surface area contributed by atoms with E-state index in [9.17, 15) is 5.11 Å². The molecule has 0 spiro atoms. The summed E-state index contributed by atoms with van der Waals surface area (Å²) in [6, 6.07) is 0.275. The Hall–Kier alpha value is -0.600. The van der Waals surface area contributed by atoms with Crippen molar-refractivity contribution >= 4 is 0 Å². The molecule has 2 heteroatoms. The van der Waals surface area contributed by atoms with Gasteiger partial charge in [0.05, 0.1) is 6.10 Å². The Labute approximate surface area is 128 Å². The van der Waals surface area contributed by atoms with E-state index in [0.29, 0.717) is 11.3 Å². The van der Waals surface area contributed by atoms with Gasteiger partial charge in [-0.2, -0.15) is 0 Å². The first-order valence-corrected chi connectivity index (χ1v) is 8.82. The molecule has 2 nitrogen and oxygen atoms in total. The van der Waals surface area contributed by atoms with Gasteiger partial charge in [0, 0.05) is 16.9 Å². The van der Waals surface area contributed by atoms with Gasteiger partial charge >= 0.3 is 0 Å². The molecule has 0 saturated heterocycles. The first-order chi connectivity index (χ1) is 9.95. The van der Waals surface area contributed by atoms with Crippen molar-refractivity contribution in [3.63, 3.8) is 0 Å². The second-order valence-corrected chi connectivity index (χ2v) is 8.38. The smallest absolute Gasteiger partial charge is 0.0599 e. The zero-order valence-electron chi connectivity index (χ0n) is 13.5. The molecule has 0 aromatic rings. The maximum atomic E-state index is 10.5. The number of rotatable bonds is 0. The fourth-order valence-corrected chi connectivity index (χ4v) is 5.96. The largest absolute Gasteiger partial charge is 0.393 e. The van der Waals surface area contributed by atoms with Gasteiger partial charge in [0.1, 0.15) is 0 Å². The molecule has 116 valence electrons. The minimum Gasteiger partial charge on any atom is -0.393 e. The quantitative estimate of drug-likeness (QED) is 0.667. The van der Waals surface area contributed by atoms with Crippen LogP contribution in [0.2, 0.25) is 0 Å². The van der Waals surface area contributed by atoms with E-state index in [1.807, 2.05) is 0 Å². The van der Waals surface area contributed by atoms with Crippen LogP contribution in [-0.4, -0.2) is 17.3 Å². The van der Waals surface area contributed by atoms with Crippen molar-refractivity contribution in [3.05, 3.63) is 22.8 Å². The van der Waals surface area contributed by atoms with Gasteiger partial charge in [-0.05, 0) is 57.3 Å². The van der Waals surface area contributed by atoms with Gasteiger partial charge in [-0.3, -0.25) is 0 Å². The van der Waals surface area contributed by atoms with Gasteiger partial charge in [0.15, 0.2) is 0 Å². The Kier molecular flexibility index (Phi) is 2.97. The summed E-state index contributed by atoms with van der Waals surface area (Å²) in [4.78, 5) is 0. The maximum Gasteiger partial charge on any atom is 0.0599 e.